The number of phosphoric acid groups is 1. The fourth-order valence-corrected chi connectivity index (χ4v) is 2.61. The molecule has 1 aliphatic heterocycles. The van der Waals surface area contributed by atoms with Gasteiger partial charge in [0, 0.05) is 0 Å². The van der Waals surface area contributed by atoms with Crippen LogP contribution in [0.5, 0.6) is 0 Å². The molecule has 1 aliphatic rings. The van der Waals surface area contributed by atoms with E-state index in [2.05, 4.69) is 0 Å². The maximum absolute atomic E-state index is 12.0. The molecule has 0 aromatic rings. The number of ether oxygens (including phenoxy) is 2. The van der Waals surface area contributed by atoms with Gasteiger partial charge in [0.2, 0.25) is 6.29 Å². The average Bonchev–Trinajstić information content (AvgIpc) is 2.38. The van der Waals surface area contributed by atoms with E-state index in [1.54, 1.807) is 0 Å². The van der Waals surface area contributed by atoms with Crippen molar-refractivity contribution < 1.29 is 40.9 Å². The quantitative estimate of drug-likeness (QED) is 0.345. The Morgan fingerprint density at radius 1 is 1.23 bits per heavy atom. The molecular weight excluding hydrogens is 323 g/mol. The van der Waals surface area contributed by atoms with Crippen molar-refractivity contribution in [1.29, 1.82) is 0 Å². The van der Waals surface area contributed by atoms with Crippen molar-refractivity contribution in [3.8, 4) is 0 Å². The monoisotopic (exact) mass is 344 g/mol. The molecule has 0 unspecified atom stereocenters. The van der Waals surface area contributed by atoms with Crippen molar-refractivity contribution in [2.75, 3.05) is 40.9 Å². The van der Waals surface area contributed by atoms with Gasteiger partial charge >= 0.3 is 7.82 Å². The topological polar surface area (TPSA) is 63.2 Å². The van der Waals surface area contributed by atoms with Crippen LogP contribution in [0, 0.1) is 0 Å². The molecule has 0 amide bonds. The van der Waals surface area contributed by atoms with Gasteiger partial charge in [-0.1, -0.05) is 0 Å². The highest BCUT2D eigenvalue weighted by atomic mass is 31.2. The number of hydrogen-bond acceptors (Lipinski definition) is 6. The summed E-state index contributed by atoms with van der Waals surface area (Å²) in [7, 11) is 2.24. The number of hydrogen-bond donors (Lipinski definition) is 0. The first-order chi connectivity index (χ1) is 10.3. The minimum atomic E-state index is -3.62. The molecule has 0 aliphatic carbocycles. The molecule has 1 atom stereocenters. The lowest BCUT2D eigenvalue weighted by Gasteiger charge is -2.37. The third kappa shape index (κ3) is 6.85. The van der Waals surface area contributed by atoms with Gasteiger partial charge in [0.15, 0.2) is 6.10 Å². The molecule has 1 fully saturated rings. The van der Waals surface area contributed by atoms with E-state index in [0.29, 0.717) is 11.0 Å². The van der Waals surface area contributed by atoms with Crippen LogP contribution in [0.15, 0.2) is 25.2 Å². The molecule has 7 nitrogen and oxygen atoms in total. The van der Waals surface area contributed by atoms with Crippen molar-refractivity contribution in [3.63, 3.8) is 0 Å². The molecule has 0 N–H and O–H groups in total. The van der Waals surface area contributed by atoms with Crippen LogP contribution in [0.3, 0.4) is 0 Å². The van der Waals surface area contributed by atoms with Gasteiger partial charge in [-0.25, -0.2) is 13.3 Å². The second-order valence-electron chi connectivity index (χ2n) is 5.41. The number of nitrogens with zero attached hydrogens (tertiary/aromatic N) is 1. The van der Waals surface area contributed by atoms with Crippen LogP contribution in [0.4, 0.5) is 8.78 Å². The van der Waals surface area contributed by atoms with Crippen LogP contribution < -0.4 is 0 Å². The Morgan fingerprint density at radius 2 is 1.86 bits per heavy atom. The van der Waals surface area contributed by atoms with Crippen molar-refractivity contribution in [2.24, 2.45) is 0 Å². The van der Waals surface area contributed by atoms with Gasteiger partial charge < -0.3 is 14.0 Å². The minimum absolute atomic E-state index is 0.161. The van der Waals surface area contributed by atoms with Gasteiger partial charge in [-0.15, -0.1) is 0 Å². The molecule has 0 aromatic heterocycles. The van der Waals surface area contributed by atoms with Crippen LogP contribution in [0.2, 0.25) is 0 Å². The first-order valence-corrected chi connectivity index (χ1v) is 7.95. The number of rotatable bonds is 10. The minimum Gasteiger partial charge on any atom is -0.495 e. The summed E-state index contributed by atoms with van der Waals surface area (Å²) in [5.41, 5.74) is 0. The van der Waals surface area contributed by atoms with Crippen LogP contribution in [0.1, 0.15) is 0 Å². The lowest BCUT2D eigenvalue weighted by molar-refractivity contribution is -0.870. The average molecular weight is 344 g/mol. The molecule has 22 heavy (non-hydrogen) atoms. The van der Waals surface area contributed by atoms with E-state index in [-0.39, 0.29) is 25.9 Å². The first kappa shape index (κ1) is 19.1. The summed E-state index contributed by atoms with van der Waals surface area (Å²) < 4.78 is 61.2. The Labute approximate surface area is 128 Å². The Balaban J connectivity index is 2.41. The summed E-state index contributed by atoms with van der Waals surface area (Å²) in [6.45, 7) is 0.606. The summed E-state index contributed by atoms with van der Waals surface area (Å²) in [6, 6.07) is 0. The lowest BCUT2D eigenvalue weighted by atomic mass is 10.4. The van der Waals surface area contributed by atoms with E-state index in [9.17, 15) is 13.3 Å². The Hall–Kier alpha value is -0.990. The maximum atomic E-state index is 12.0. The van der Waals surface area contributed by atoms with Gasteiger partial charge in [0.05, 0.1) is 21.1 Å². The highest BCUT2D eigenvalue weighted by molar-refractivity contribution is 7.49. The van der Waals surface area contributed by atoms with E-state index in [4.69, 9.17) is 23.0 Å². The largest absolute Gasteiger partial charge is 0.495 e. The highest BCUT2D eigenvalue weighted by Crippen LogP contribution is 2.61. The predicted molar refractivity (Wildman–Crippen MR) is 73.7 cm³/mol. The van der Waals surface area contributed by atoms with E-state index < -0.39 is 20.2 Å². The van der Waals surface area contributed by atoms with Crippen LogP contribution in [-0.4, -0.2) is 57.8 Å². The maximum Gasteiger partial charge on any atom is 0.479 e. The molecule has 1 rings (SSSR count). The Morgan fingerprint density at radius 3 is 2.41 bits per heavy atom. The molecule has 0 aromatic carbocycles. The standard InChI is InChI=1S/C12H21F2NO6P/c1-15(2,3)6-9-19-22(16)20-12(21-22)11(18-8-5-14)10-17-7-4-13/h4-5,7-8,11-12H,6,9-10H2,1-3H3/q+1/b7-4-,8-5-/t11-,12?,22?/m1/s1. The summed E-state index contributed by atoms with van der Waals surface area (Å²) >= 11 is 0. The summed E-state index contributed by atoms with van der Waals surface area (Å²) in [5.74, 6) is 0. The summed E-state index contributed by atoms with van der Waals surface area (Å²) in [4.78, 5) is 0. The SMILES string of the molecule is C[N+](C)(C)CCOP1(=O)OC([C@@H](CO/C=C\F)O/C=C\F)O1. The zero-order chi connectivity index (χ0) is 16.6. The van der Waals surface area contributed by atoms with E-state index >= 15 is 0 Å². The van der Waals surface area contributed by atoms with Crippen molar-refractivity contribution in [1.82, 2.24) is 0 Å². The second-order valence-corrected chi connectivity index (χ2v) is 6.98. The van der Waals surface area contributed by atoms with Gasteiger partial charge in [0.1, 0.15) is 44.9 Å². The van der Waals surface area contributed by atoms with Crippen molar-refractivity contribution >= 4 is 7.82 Å². The fourth-order valence-electron chi connectivity index (χ4n) is 1.38. The third-order valence-corrected chi connectivity index (χ3v) is 3.92. The summed E-state index contributed by atoms with van der Waals surface area (Å²) in [6.07, 6.45) is -0.101. The number of phosphoric ester groups is 1. The molecule has 0 radical (unpaired) electrons. The van der Waals surface area contributed by atoms with Gasteiger partial charge in [0.25, 0.3) is 0 Å². The lowest BCUT2D eigenvalue weighted by Crippen LogP contribution is -2.42. The first-order valence-electron chi connectivity index (χ1n) is 6.49. The molecule has 10 heteroatoms. The number of likely N-dealkylation sites (N-methyl/N-ethyl adjacent to an activating group) is 1. The molecule has 1 saturated heterocycles. The Kier molecular flexibility index (Phi) is 7.44. The highest BCUT2D eigenvalue weighted by Gasteiger charge is 2.50. The van der Waals surface area contributed by atoms with Gasteiger partial charge in [-0.2, -0.15) is 0 Å². The van der Waals surface area contributed by atoms with E-state index in [1.165, 1.54) is 0 Å². The van der Waals surface area contributed by atoms with Gasteiger partial charge in [-0.05, 0) is 0 Å². The van der Waals surface area contributed by atoms with Crippen molar-refractivity contribution in [2.45, 2.75) is 12.4 Å². The van der Waals surface area contributed by atoms with Crippen LogP contribution >= 0.6 is 7.82 Å². The van der Waals surface area contributed by atoms with E-state index in [0.717, 1.165) is 12.5 Å². The molecule has 0 bridgehead atoms. The van der Waals surface area contributed by atoms with Gasteiger partial charge in [-0.3, -0.25) is 13.6 Å². The predicted octanol–water partition coefficient (Wildman–Crippen LogP) is 2.47. The molecule has 1 heterocycles. The number of halogens is 2. The van der Waals surface area contributed by atoms with E-state index in [1.807, 2.05) is 21.1 Å². The Bertz CT molecular complexity index is 430. The molecule has 128 valence electrons. The third-order valence-electron chi connectivity index (χ3n) is 2.49. The number of quaternary nitrogens is 1. The van der Waals surface area contributed by atoms with Crippen LogP contribution in [-0.2, 0) is 27.6 Å². The second kappa shape index (κ2) is 8.59. The zero-order valence-electron chi connectivity index (χ0n) is 12.7. The molecule has 0 spiro atoms. The van der Waals surface area contributed by atoms with Crippen molar-refractivity contribution in [3.05, 3.63) is 25.2 Å². The zero-order valence-corrected chi connectivity index (χ0v) is 13.6. The fraction of sp³-hybridized carbons (Fsp3) is 0.667. The molecular formula is C12H21F2NO6P+. The smallest absolute Gasteiger partial charge is 0.479 e. The summed E-state index contributed by atoms with van der Waals surface area (Å²) in [5, 5.41) is 0. The normalized spacial score (nSPS) is 27.0. The van der Waals surface area contributed by atoms with Crippen LogP contribution in [0.25, 0.3) is 0 Å². The molecule has 0 saturated carbocycles.